The molecule has 0 aromatic heterocycles. The van der Waals surface area contributed by atoms with Gasteiger partial charge in [0.25, 0.3) is 11.8 Å². The second-order valence-corrected chi connectivity index (χ2v) is 5.02. The first kappa shape index (κ1) is 17.2. The van der Waals surface area contributed by atoms with Crippen molar-refractivity contribution in [2.45, 2.75) is 5.92 Å². The molecule has 0 aliphatic heterocycles. The maximum atomic E-state index is 13.9. The number of carbonyl (C=O) groups excluding carboxylic acids is 1. The van der Waals surface area contributed by atoms with Crippen LogP contribution in [0.2, 0.25) is 5.02 Å². The number of alkyl halides is 2. The van der Waals surface area contributed by atoms with Crippen molar-refractivity contribution in [1.29, 1.82) is 0 Å². The van der Waals surface area contributed by atoms with Gasteiger partial charge in [-0.25, -0.2) is 13.2 Å². The van der Waals surface area contributed by atoms with Crippen LogP contribution in [0.25, 0.3) is 0 Å². The van der Waals surface area contributed by atoms with Crippen LogP contribution in [0.3, 0.4) is 0 Å². The van der Waals surface area contributed by atoms with Crippen LogP contribution in [0.15, 0.2) is 36.4 Å². The van der Waals surface area contributed by atoms with Crippen LogP contribution in [-0.2, 0) is 5.92 Å². The Morgan fingerprint density at radius 1 is 1.09 bits per heavy atom. The summed E-state index contributed by atoms with van der Waals surface area (Å²) in [5.74, 6) is -9.80. The van der Waals surface area contributed by atoms with E-state index in [9.17, 15) is 26.7 Å². The first-order chi connectivity index (χ1) is 10.7. The molecule has 2 aromatic carbocycles. The number of benzene rings is 2. The van der Waals surface area contributed by atoms with Gasteiger partial charge in [-0.1, -0.05) is 23.7 Å². The summed E-state index contributed by atoms with van der Waals surface area (Å²) in [7, 11) is 0. The van der Waals surface area contributed by atoms with Gasteiger partial charge in [-0.3, -0.25) is 4.79 Å². The van der Waals surface area contributed by atoms with Gasteiger partial charge in [0.2, 0.25) is 0 Å². The Morgan fingerprint density at radius 3 is 2.22 bits per heavy atom. The Labute approximate surface area is 132 Å². The van der Waals surface area contributed by atoms with Crippen molar-refractivity contribution in [2.24, 2.45) is 0 Å². The molecule has 0 unspecified atom stereocenters. The van der Waals surface area contributed by atoms with E-state index in [1.165, 1.54) is 24.3 Å². The molecule has 0 saturated heterocycles. The summed E-state index contributed by atoms with van der Waals surface area (Å²) < 4.78 is 67.5. The number of hydrogen-bond acceptors (Lipinski definition) is 1. The third kappa shape index (κ3) is 3.79. The standard InChI is InChI=1S/C15H9ClF5NO/c16-10-4-2-1-3-9(10)14(23)22-7-15(20,21)13-11(18)5-8(17)6-12(13)19/h1-6H,7H2,(H,22,23). The highest BCUT2D eigenvalue weighted by molar-refractivity contribution is 6.33. The quantitative estimate of drug-likeness (QED) is 0.820. The van der Waals surface area contributed by atoms with Crippen LogP contribution in [0, 0.1) is 17.5 Å². The maximum absolute atomic E-state index is 13.9. The molecule has 2 aromatic rings. The van der Waals surface area contributed by atoms with E-state index in [0.29, 0.717) is 0 Å². The van der Waals surface area contributed by atoms with Crippen LogP contribution in [0.4, 0.5) is 22.0 Å². The Kier molecular flexibility index (Phi) is 4.89. The number of halogens is 6. The molecule has 0 atom stereocenters. The predicted octanol–water partition coefficient (Wildman–Crippen LogP) is 4.28. The van der Waals surface area contributed by atoms with E-state index in [1.54, 1.807) is 0 Å². The van der Waals surface area contributed by atoms with Gasteiger partial charge in [0.05, 0.1) is 22.7 Å². The largest absolute Gasteiger partial charge is 0.346 e. The lowest BCUT2D eigenvalue weighted by Gasteiger charge is -2.19. The molecular formula is C15H9ClF5NO. The monoisotopic (exact) mass is 349 g/mol. The van der Waals surface area contributed by atoms with Crippen molar-refractivity contribution in [3.05, 3.63) is 70.0 Å². The van der Waals surface area contributed by atoms with Crippen LogP contribution < -0.4 is 5.32 Å². The topological polar surface area (TPSA) is 29.1 Å². The van der Waals surface area contributed by atoms with Gasteiger partial charge in [0.1, 0.15) is 17.5 Å². The summed E-state index contributed by atoms with van der Waals surface area (Å²) in [5.41, 5.74) is -1.68. The number of carbonyl (C=O) groups is 1. The fourth-order valence-electron chi connectivity index (χ4n) is 1.91. The molecule has 2 rings (SSSR count). The number of nitrogens with one attached hydrogen (secondary N) is 1. The summed E-state index contributed by atoms with van der Waals surface area (Å²) in [6, 6.07) is 5.97. The van der Waals surface area contributed by atoms with E-state index in [-0.39, 0.29) is 22.7 Å². The minimum atomic E-state index is -4.07. The molecule has 122 valence electrons. The molecule has 2 nitrogen and oxygen atoms in total. The van der Waals surface area contributed by atoms with Crippen molar-refractivity contribution < 1.29 is 26.7 Å². The van der Waals surface area contributed by atoms with Crippen LogP contribution >= 0.6 is 11.6 Å². The van der Waals surface area contributed by atoms with Gasteiger partial charge in [0.15, 0.2) is 0 Å². The zero-order chi connectivity index (χ0) is 17.2. The minimum Gasteiger partial charge on any atom is -0.346 e. The first-order valence-electron chi connectivity index (χ1n) is 6.28. The maximum Gasteiger partial charge on any atom is 0.295 e. The molecule has 8 heteroatoms. The molecule has 0 bridgehead atoms. The SMILES string of the molecule is O=C(NCC(F)(F)c1c(F)cc(F)cc1F)c1ccccc1Cl. The van der Waals surface area contributed by atoms with E-state index >= 15 is 0 Å². The van der Waals surface area contributed by atoms with E-state index in [1.807, 2.05) is 5.32 Å². The summed E-state index contributed by atoms with van der Waals surface area (Å²) in [5, 5.41) is 1.88. The van der Waals surface area contributed by atoms with Crippen LogP contribution in [0.1, 0.15) is 15.9 Å². The van der Waals surface area contributed by atoms with Gasteiger partial charge < -0.3 is 5.32 Å². The molecule has 1 amide bonds. The Hall–Kier alpha value is -2.15. The lowest BCUT2D eigenvalue weighted by atomic mass is 10.1. The van der Waals surface area contributed by atoms with Crippen molar-refractivity contribution in [3.8, 4) is 0 Å². The predicted molar refractivity (Wildman–Crippen MR) is 74.0 cm³/mol. The van der Waals surface area contributed by atoms with Gasteiger partial charge >= 0.3 is 0 Å². The minimum absolute atomic E-state index is 0.0347. The van der Waals surface area contributed by atoms with E-state index < -0.39 is 41.4 Å². The van der Waals surface area contributed by atoms with E-state index in [0.717, 1.165) is 0 Å². The average Bonchev–Trinajstić information content (AvgIpc) is 2.44. The highest BCUT2D eigenvalue weighted by Crippen LogP contribution is 2.32. The molecule has 0 spiro atoms. The summed E-state index contributed by atoms with van der Waals surface area (Å²) in [6.45, 7) is -1.38. The third-order valence-electron chi connectivity index (χ3n) is 2.96. The molecule has 23 heavy (non-hydrogen) atoms. The molecule has 1 N–H and O–H groups in total. The van der Waals surface area contributed by atoms with Gasteiger partial charge in [-0.15, -0.1) is 0 Å². The highest BCUT2D eigenvalue weighted by atomic mass is 35.5. The molecule has 0 radical (unpaired) electrons. The highest BCUT2D eigenvalue weighted by Gasteiger charge is 2.38. The van der Waals surface area contributed by atoms with Crippen molar-refractivity contribution in [3.63, 3.8) is 0 Å². The smallest absolute Gasteiger partial charge is 0.295 e. The summed E-state index contributed by atoms with van der Waals surface area (Å²) in [4.78, 5) is 11.8. The van der Waals surface area contributed by atoms with E-state index in [4.69, 9.17) is 11.6 Å². The van der Waals surface area contributed by atoms with Crippen molar-refractivity contribution >= 4 is 17.5 Å². The molecule has 0 aliphatic carbocycles. The average molecular weight is 350 g/mol. The van der Waals surface area contributed by atoms with Gasteiger partial charge in [-0.2, -0.15) is 8.78 Å². The van der Waals surface area contributed by atoms with Crippen LogP contribution in [-0.4, -0.2) is 12.5 Å². The summed E-state index contributed by atoms with van der Waals surface area (Å²) in [6.07, 6.45) is 0. The third-order valence-corrected chi connectivity index (χ3v) is 3.29. The second kappa shape index (κ2) is 6.54. The fraction of sp³-hybridized carbons (Fsp3) is 0.133. The number of amides is 1. The van der Waals surface area contributed by atoms with Crippen molar-refractivity contribution in [1.82, 2.24) is 5.32 Å². The van der Waals surface area contributed by atoms with Gasteiger partial charge in [0, 0.05) is 12.1 Å². The molecule has 0 fully saturated rings. The second-order valence-electron chi connectivity index (χ2n) is 4.61. The molecule has 0 heterocycles. The normalized spacial score (nSPS) is 11.4. The molecule has 0 aliphatic rings. The van der Waals surface area contributed by atoms with Crippen molar-refractivity contribution in [2.75, 3.05) is 6.54 Å². The number of hydrogen-bond donors (Lipinski definition) is 1. The Morgan fingerprint density at radius 2 is 1.65 bits per heavy atom. The first-order valence-corrected chi connectivity index (χ1v) is 6.66. The fourth-order valence-corrected chi connectivity index (χ4v) is 2.13. The van der Waals surface area contributed by atoms with Gasteiger partial charge in [-0.05, 0) is 12.1 Å². The van der Waals surface area contributed by atoms with Crippen LogP contribution in [0.5, 0.6) is 0 Å². The lowest BCUT2D eigenvalue weighted by Crippen LogP contribution is -2.36. The Balaban J connectivity index is 2.19. The zero-order valence-electron chi connectivity index (χ0n) is 11.3. The summed E-state index contributed by atoms with van der Waals surface area (Å²) >= 11 is 5.74. The lowest BCUT2D eigenvalue weighted by molar-refractivity contribution is -0.00944. The Bertz CT molecular complexity index is 727. The van der Waals surface area contributed by atoms with E-state index in [2.05, 4.69) is 0 Å². The molecule has 0 saturated carbocycles. The number of rotatable bonds is 4. The molecular weight excluding hydrogens is 341 g/mol. The zero-order valence-corrected chi connectivity index (χ0v) is 12.1.